The molecule has 20 heavy (non-hydrogen) atoms. The van der Waals surface area contributed by atoms with Gasteiger partial charge in [0.15, 0.2) is 11.5 Å². The summed E-state index contributed by atoms with van der Waals surface area (Å²) in [6.45, 7) is 8.29. The summed E-state index contributed by atoms with van der Waals surface area (Å²) in [6, 6.07) is 8.29. The lowest BCUT2D eigenvalue weighted by Crippen LogP contribution is -2.48. The van der Waals surface area contributed by atoms with Crippen molar-refractivity contribution in [2.24, 2.45) is 5.92 Å². The van der Waals surface area contributed by atoms with Gasteiger partial charge < -0.3 is 14.8 Å². The van der Waals surface area contributed by atoms with E-state index in [-0.39, 0.29) is 6.10 Å². The van der Waals surface area contributed by atoms with Gasteiger partial charge in [-0.25, -0.2) is 0 Å². The average Bonchev–Trinajstić information content (AvgIpc) is 2.51. The zero-order valence-electron chi connectivity index (χ0n) is 12.9. The average molecular weight is 277 g/mol. The SMILES string of the molecule is CCNC(CC(CC)CC)C1COc2ccccc2O1. The van der Waals surface area contributed by atoms with Gasteiger partial charge in [0.1, 0.15) is 12.7 Å². The molecule has 1 aromatic rings. The first-order chi connectivity index (χ1) is 9.78. The second-order valence-corrected chi connectivity index (χ2v) is 5.50. The quantitative estimate of drug-likeness (QED) is 0.825. The Hall–Kier alpha value is -1.22. The van der Waals surface area contributed by atoms with Crippen LogP contribution in [0.4, 0.5) is 0 Å². The predicted octanol–water partition coefficient (Wildman–Crippen LogP) is 3.63. The van der Waals surface area contributed by atoms with Crippen molar-refractivity contribution in [2.75, 3.05) is 13.2 Å². The normalized spacial score (nSPS) is 19.1. The molecule has 0 fully saturated rings. The van der Waals surface area contributed by atoms with E-state index >= 15 is 0 Å². The number of fused-ring (bicyclic) bond motifs is 1. The second-order valence-electron chi connectivity index (χ2n) is 5.50. The van der Waals surface area contributed by atoms with E-state index in [0.717, 1.165) is 30.4 Å². The van der Waals surface area contributed by atoms with Gasteiger partial charge in [0.2, 0.25) is 0 Å². The molecule has 1 heterocycles. The highest BCUT2D eigenvalue weighted by Crippen LogP contribution is 2.32. The van der Waals surface area contributed by atoms with Crippen LogP contribution < -0.4 is 14.8 Å². The van der Waals surface area contributed by atoms with Crippen LogP contribution in [0.25, 0.3) is 0 Å². The molecule has 2 unspecified atom stereocenters. The molecule has 0 aliphatic carbocycles. The van der Waals surface area contributed by atoms with Crippen molar-refractivity contribution < 1.29 is 9.47 Å². The Balaban J connectivity index is 2.03. The molecule has 0 radical (unpaired) electrons. The molecule has 0 spiro atoms. The molecule has 0 saturated heterocycles. The number of nitrogens with one attached hydrogen (secondary N) is 1. The van der Waals surface area contributed by atoms with E-state index in [2.05, 4.69) is 26.1 Å². The zero-order valence-corrected chi connectivity index (χ0v) is 12.9. The van der Waals surface area contributed by atoms with Gasteiger partial charge in [-0.1, -0.05) is 45.7 Å². The third kappa shape index (κ3) is 3.66. The fraction of sp³-hybridized carbons (Fsp3) is 0.647. The molecule has 1 aliphatic heterocycles. The number of hydrogen-bond donors (Lipinski definition) is 1. The third-order valence-corrected chi connectivity index (χ3v) is 4.19. The molecule has 112 valence electrons. The molecule has 2 atom stereocenters. The molecule has 1 aromatic carbocycles. The van der Waals surface area contributed by atoms with Crippen LogP contribution in [0.15, 0.2) is 24.3 Å². The van der Waals surface area contributed by atoms with Crippen molar-refractivity contribution in [1.29, 1.82) is 0 Å². The van der Waals surface area contributed by atoms with Crippen molar-refractivity contribution in [2.45, 2.75) is 52.2 Å². The number of hydrogen-bond acceptors (Lipinski definition) is 3. The van der Waals surface area contributed by atoms with Gasteiger partial charge in [-0.15, -0.1) is 0 Å². The molecule has 0 aromatic heterocycles. The Morgan fingerprint density at radius 1 is 1.15 bits per heavy atom. The minimum atomic E-state index is 0.102. The monoisotopic (exact) mass is 277 g/mol. The summed E-state index contributed by atoms with van der Waals surface area (Å²) < 4.78 is 12.0. The van der Waals surface area contributed by atoms with E-state index < -0.39 is 0 Å². The fourth-order valence-electron chi connectivity index (χ4n) is 2.84. The van der Waals surface area contributed by atoms with Crippen LogP contribution in [0.1, 0.15) is 40.0 Å². The van der Waals surface area contributed by atoms with Gasteiger partial charge in [-0.05, 0) is 31.0 Å². The van der Waals surface area contributed by atoms with E-state index in [1.54, 1.807) is 0 Å². The highest BCUT2D eigenvalue weighted by molar-refractivity contribution is 5.40. The molecule has 1 N–H and O–H groups in total. The Kier molecular flexibility index (Phi) is 5.72. The zero-order chi connectivity index (χ0) is 14.4. The maximum absolute atomic E-state index is 6.15. The number of likely N-dealkylation sites (N-methyl/N-ethyl adjacent to an activating group) is 1. The highest BCUT2D eigenvalue weighted by Gasteiger charge is 2.29. The van der Waals surface area contributed by atoms with Crippen LogP contribution in [0, 0.1) is 5.92 Å². The van der Waals surface area contributed by atoms with E-state index in [4.69, 9.17) is 9.47 Å². The van der Waals surface area contributed by atoms with Gasteiger partial charge in [0.25, 0.3) is 0 Å². The van der Waals surface area contributed by atoms with E-state index in [9.17, 15) is 0 Å². The largest absolute Gasteiger partial charge is 0.486 e. The van der Waals surface area contributed by atoms with Crippen molar-refractivity contribution in [3.63, 3.8) is 0 Å². The number of ether oxygens (including phenoxy) is 2. The standard InChI is InChI=1S/C17H27NO2/c1-4-13(5-2)11-14(18-6-3)17-12-19-15-9-7-8-10-16(15)20-17/h7-10,13-14,17-18H,4-6,11-12H2,1-3H3. The first-order valence-corrected chi connectivity index (χ1v) is 7.90. The molecule has 3 nitrogen and oxygen atoms in total. The first kappa shape index (κ1) is 15.2. The summed E-state index contributed by atoms with van der Waals surface area (Å²) in [7, 11) is 0. The van der Waals surface area contributed by atoms with Gasteiger partial charge in [-0.2, -0.15) is 0 Å². The van der Waals surface area contributed by atoms with Crippen molar-refractivity contribution in [1.82, 2.24) is 5.32 Å². The van der Waals surface area contributed by atoms with E-state index in [0.29, 0.717) is 12.6 Å². The molecule has 0 amide bonds. The van der Waals surface area contributed by atoms with Gasteiger partial charge in [0.05, 0.1) is 0 Å². The molecule has 0 saturated carbocycles. The minimum Gasteiger partial charge on any atom is -0.486 e. The van der Waals surface area contributed by atoms with E-state index in [1.807, 2.05) is 24.3 Å². The summed E-state index contributed by atoms with van der Waals surface area (Å²) in [4.78, 5) is 0. The minimum absolute atomic E-state index is 0.102. The fourth-order valence-corrected chi connectivity index (χ4v) is 2.84. The summed E-state index contributed by atoms with van der Waals surface area (Å²) in [5, 5.41) is 3.58. The molecular formula is C17H27NO2. The Labute approximate surface area is 122 Å². The van der Waals surface area contributed by atoms with Crippen LogP contribution in [0.3, 0.4) is 0 Å². The van der Waals surface area contributed by atoms with Crippen LogP contribution in [-0.4, -0.2) is 25.3 Å². The van der Waals surface area contributed by atoms with Crippen LogP contribution in [-0.2, 0) is 0 Å². The topological polar surface area (TPSA) is 30.5 Å². The predicted molar refractivity (Wildman–Crippen MR) is 82.5 cm³/mol. The maximum atomic E-state index is 6.15. The lowest BCUT2D eigenvalue weighted by molar-refractivity contribution is 0.0545. The van der Waals surface area contributed by atoms with Gasteiger partial charge >= 0.3 is 0 Å². The smallest absolute Gasteiger partial charge is 0.161 e. The number of para-hydroxylation sites is 2. The molecule has 0 bridgehead atoms. The highest BCUT2D eigenvalue weighted by atomic mass is 16.6. The lowest BCUT2D eigenvalue weighted by atomic mass is 9.92. The first-order valence-electron chi connectivity index (χ1n) is 7.90. The van der Waals surface area contributed by atoms with Crippen LogP contribution in [0.2, 0.25) is 0 Å². The molecule has 2 rings (SSSR count). The Morgan fingerprint density at radius 3 is 2.50 bits per heavy atom. The number of benzene rings is 1. The van der Waals surface area contributed by atoms with E-state index in [1.165, 1.54) is 12.8 Å². The number of rotatable bonds is 7. The molecular weight excluding hydrogens is 250 g/mol. The van der Waals surface area contributed by atoms with Crippen LogP contribution >= 0.6 is 0 Å². The van der Waals surface area contributed by atoms with Gasteiger partial charge in [-0.3, -0.25) is 0 Å². The van der Waals surface area contributed by atoms with Gasteiger partial charge in [0, 0.05) is 6.04 Å². The van der Waals surface area contributed by atoms with Crippen molar-refractivity contribution >= 4 is 0 Å². The maximum Gasteiger partial charge on any atom is 0.161 e. The second kappa shape index (κ2) is 7.53. The summed E-state index contributed by atoms with van der Waals surface area (Å²) in [5.41, 5.74) is 0. The summed E-state index contributed by atoms with van der Waals surface area (Å²) >= 11 is 0. The third-order valence-electron chi connectivity index (χ3n) is 4.19. The molecule has 3 heteroatoms. The lowest BCUT2D eigenvalue weighted by Gasteiger charge is -2.34. The Morgan fingerprint density at radius 2 is 1.85 bits per heavy atom. The van der Waals surface area contributed by atoms with Crippen LogP contribution in [0.5, 0.6) is 11.5 Å². The van der Waals surface area contributed by atoms with Crippen molar-refractivity contribution in [3.8, 4) is 11.5 Å². The summed E-state index contributed by atoms with van der Waals surface area (Å²) in [5.74, 6) is 2.48. The summed E-state index contributed by atoms with van der Waals surface area (Å²) in [6.07, 6.45) is 3.70. The Bertz CT molecular complexity index is 404. The van der Waals surface area contributed by atoms with Crippen molar-refractivity contribution in [3.05, 3.63) is 24.3 Å². The molecule has 1 aliphatic rings.